The van der Waals surface area contributed by atoms with Gasteiger partial charge in [0.1, 0.15) is 5.60 Å². The molecule has 0 radical (unpaired) electrons. The lowest BCUT2D eigenvalue weighted by Crippen LogP contribution is -2.44. The maximum absolute atomic E-state index is 12.2. The molecule has 1 saturated heterocycles. The SMILES string of the molecule is CO[C@H]1CN(C(=O)OC(C)(C)C)CC1NCC(CN)C(C)C. The number of likely N-dealkylation sites (tertiary alicyclic amines) is 1. The Bertz CT molecular complexity index is 355. The second-order valence-corrected chi connectivity index (χ2v) is 7.41. The van der Waals surface area contributed by atoms with E-state index < -0.39 is 5.60 Å². The van der Waals surface area contributed by atoms with E-state index in [-0.39, 0.29) is 18.2 Å². The zero-order valence-corrected chi connectivity index (χ0v) is 14.9. The number of hydrogen-bond acceptors (Lipinski definition) is 5. The van der Waals surface area contributed by atoms with Gasteiger partial charge in [-0.3, -0.25) is 0 Å². The predicted octanol–water partition coefficient (Wildman–Crippen LogP) is 1.44. The van der Waals surface area contributed by atoms with Crippen LogP contribution in [0.2, 0.25) is 0 Å². The van der Waals surface area contributed by atoms with Crippen LogP contribution in [0, 0.1) is 11.8 Å². The molecular weight excluding hydrogens is 282 g/mol. The number of amides is 1. The minimum absolute atomic E-state index is 0.0156. The Kier molecular flexibility index (Phi) is 7.09. The van der Waals surface area contributed by atoms with Crippen molar-refractivity contribution in [1.29, 1.82) is 0 Å². The lowest BCUT2D eigenvalue weighted by atomic mass is 9.95. The van der Waals surface area contributed by atoms with Gasteiger partial charge in [0.15, 0.2) is 0 Å². The minimum Gasteiger partial charge on any atom is -0.444 e. The molecule has 22 heavy (non-hydrogen) atoms. The first kappa shape index (κ1) is 19.2. The van der Waals surface area contributed by atoms with E-state index >= 15 is 0 Å². The summed E-state index contributed by atoms with van der Waals surface area (Å²) in [4.78, 5) is 13.9. The third-order valence-corrected chi connectivity index (χ3v) is 4.11. The average molecular weight is 315 g/mol. The Labute approximate surface area is 134 Å². The summed E-state index contributed by atoms with van der Waals surface area (Å²) in [5.41, 5.74) is 5.34. The molecule has 1 aliphatic rings. The van der Waals surface area contributed by atoms with E-state index in [1.165, 1.54) is 0 Å². The molecule has 0 saturated carbocycles. The van der Waals surface area contributed by atoms with Crippen molar-refractivity contribution >= 4 is 6.09 Å². The quantitative estimate of drug-likeness (QED) is 0.775. The van der Waals surface area contributed by atoms with E-state index in [0.29, 0.717) is 31.5 Å². The van der Waals surface area contributed by atoms with Crippen molar-refractivity contribution in [3.05, 3.63) is 0 Å². The monoisotopic (exact) mass is 315 g/mol. The van der Waals surface area contributed by atoms with Crippen LogP contribution < -0.4 is 11.1 Å². The number of methoxy groups -OCH3 is 1. The summed E-state index contributed by atoms with van der Waals surface area (Å²) in [6.45, 7) is 12.6. The molecule has 1 rings (SSSR count). The van der Waals surface area contributed by atoms with Crippen LogP contribution in [0.4, 0.5) is 4.79 Å². The highest BCUT2D eigenvalue weighted by Crippen LogP contribution is 2.18. The van der Waals surface area contributed by atoms with Gasteiger partial charge in [-0.25, -0.2) is 4.79 Å². The molecule has 1 fully saturated rings. The van der Waals surface area contributed by atoms with Gasteiger partial charge in [0, 0.05) is 13.7 Å². The lowest BCUT2D eigenvalue weighted by molar-refractivity contribution is 0.0252. The summed E-state index contributed by atoms with van der Waals surface area (Å²) in [6.07, 6.45) is -0.295. The summed E-state index contributed by atoms with van der Waals surface area (Å²) in [5, 5.41) is 3.51. The molecule has 0 aromatic carbocycles. The molecule has 2 unspecified atom stereocenters. The van der Waals surface area contributed by atoms with Crippen LogP contribution in [0.15, 0.2) is 0 Å². The van der Waals surface area contributed by atoms with Crippen molar-refractivity contribution in [2.24, 2.45) is 17.6 Å². The molecule has 130 valence electrons. The second kappa shape index (κ2) is 8.13. The first-order valence-corrected chi connectivity index (χ1v) is 8.12. The standard InChI is InChI=1S/C16H33N3O3/c1-11(2)12(7-17)8-18-13-9-19(10-14(13)21-6)15(20)22-16(3,4)5/h11-14,18H,7-10,17H2,1-6H3/t12?,13?,14-/m0/s1. The third kappa shape index (κ3) is 5.74. The van der Waals surface area contributed by atoms with Crippen LogP contribution in [0.1, 0.15) is 34.6 Å². The van der Waals surface area contributed by atoms with Crippen LogP contribution in [-0.2, 0) is 9.47 Å². The number of nitrogens with two attached hydrogens (primary N) is 1. The lowest BCUT2D eigenvalue weighted by Gasteiger charge is -2.25. The molecule has 6 heteroatoms. The fourth-order valence-corrected chi connectivity index (χ4v) is 2.58. The van der Waals surface area contributed by atoms with Crippen molar-refractivity contribution in [2.75, 3.05) is 33.3 Å². The molecule has 3 atom stereocenters. The molecule has 1 amide bonds. The van der Waals surface area contributed by atoms with Crippen LogP contribution in [-0.4, -0.2) is 62.0 Å². The number of rotatable bonds is 6. The van der Waals surface area contributed by atoms with Crippen LogP contribution >= 0.6 is 0 Å². The van der Waals surface area contributed by atoms with E-state index in [9.17, 15) is 4.79 Å². The molecule has 0 bridgehead atoms. The normalized spacial score (nSPS) is 23.9. The Hall–Kier alpha value is -0.850. The van der Waals surface area contributed by atoms with Gasteiger partial charge in [-0.05, 0) is 45.7 Å². The summed E-state index contributed by atoms with van der Waals surface area (Å²) in [6, 6.07) is 0.116. The van der Waals surface area contributed by atoms with Gasteiger partial charge in [-0.1, -0.05) is 13.8 Å². The fourth-order valence-electron chi connectivity index (χ4n) is 2.58. The summed E-state index contributed by atoms with van der Waals surface area (Å²) < 4.78 is 10.9. The summed E-state index contributed by atoms with van der Waals surface area (Å²) in [7, 11) is 1.68. The first-order chi connectivity index (χ1) is 10.2. The van der Waals surface area contributed by atoms with Gasteiger partial charge in [0.25, 0.3) is 0 Å². The van der Waals surface area contributed by atoms with Crippen LogP contribution in [0.3, 0.4) is 0 Å². The number of carbonyl (C=O) groups is 1. The zero-order valence-electron chi connectivity index (χ0n) is 14.9. The number of nitrogens with zero attached hydrogens (tertiary/aromatic N) is 1. The number of carbonyl (C=O) groups excluding carboxylic acids is 1. The molecule has 0 aromatic rings. The maximum atomic E-state index is 12.2. The van der Waals surface area contributed by atoms with E-state index in [1.807, 2.05) is 20.8 Å². The van der Waals surface area contributed by atoms with E-state index in [4.69, 9.17) is 15.2 Å². The van der Waals surface area contributed by atoms with Gasteiger partial charge < -0.3 is 25.4 Å². The van der Waals surface area contributed by atoms with Gasteiger partial charge in [-0.15, -0.1) is 0 Å². The van der Waals surface area contributed by atoms with Crippen molar-refractivity contribution in [1.82, 2.24) is 10.2 Å². The average Bonchev–Trinajstić information content (AvgIpc) is 2.80. The van der Waals surface area contributed by atoms with E-state index in [0.717, 1.165) is 6.54 Å². The van der Waals surface area contributed by atoms with Crippen LogP contribution in [0.5, 0.6) is 0 Å². The highest BCUT2D eigenvalue weighted by atomic mass is 16.6. The number of hydrogen-bond donors (Lipinski definition) is 2. The maximum Gasteiger partial charge on any atom is 0.410 e. The Morgan fingerprint density at radius 3 is 2.45 bits per heavy atom. The zero-order chi connectivity index (χ0) is 16.9. The largest absolute Gasteiger partial charge is 0.444 e. The predicted molar refractivity (Wildman–Crippen MR) is 87.8 cm³/mol. The second-order valence-electron chi connectivity index (χ2n) is 7.41. The van der Waals surface area contributed by atoms with Crippen LogP contribution in [0.25, 0.3) is 0 Å². The van der Waals surface area contributed by atoms with Crippen molar-refractivity contribution in [3.63, 3.8) is 0 Å². The third-order valence-electron chi connectivity index (χ3n) is 4.11. The van der Waals surface area contributed by atoms with E-state index in [2.05, 4.69) is 19.2 Å². The number of nitrogens with one attached hydrogen (secondary N) is 1. The molecule has 6 nitrogen and oxygen atoms in total. The van der Waals surface area contributed by atoms with Gasteiger partial charge in [0.2, 0.25) is 0 Å². The Balaban J connectivity index is 2.56. The highest BCUT2D eigenvalue weighted by Gasteiger charge is 2.37. The Morgan fingerprint density at radius 2 is 2.00 bits per heavy atom. The van der Waals surface area contributed by atoms with Crippen molar-refractivity contribution in [2.45, 2.75) is 52.4 Å². The molecule has 1 heterocycles. The molecule has 0 aromatic heterocycles. The van der Waals surface area contributed by atoms with Crippen molar-refractivity contribution < 1.29 is 14.3 Å². The molecule has 0 aliphatic carbocycles. The molecule has 3 N–H and O–H groups in total. The first-order valence-electron chi connectivity index (χ1n) is 8.12. The summed E-state index contributed by atoms with van der Waals surface area (Å²) in [5.74, 6) is 0.954. The molecular formula is C16H33N3O3. The van der Waals surface area contributed by atoms with Gasteiger partial charge in [0.05, 0.1) is 18.7 Å². The highest BCUT2D eigenvalue weighted by molar-refractivity contribution is 5.68. The van der Waals surface area contributed by atoms with E-state index in [1.54, 1.807) is 12.0 Å². The topological polar surface area (TPSA) is 76.8 Å². The minimum atomic E-state index is -0.479. The fraction of sp³-hybridized carbons (Fsp3) is 0.938. The smallest absolute Gasteiger partial charge is 0.410 e. The Morgan fingerprint density at radius 1 is 1.36 bits per heavy atom. The van der Waals surface area contributed by atoms with Gasteiger partial charge in [-0.2, -0.15) is 0 Å². The molecule has 1 aliphatic heterocycles. The van der Waals surface area contributed by atoms with Gasteiger partial charge >= 0.3 is 6.09 Å². The number of ether oxygens (including phenoxy) is 2. The summed E-state index contributed by atoms with van der Waals surface area (Å²) >= 11 is 0. The molecule has 0 spiro atoms. The van der Waals surface area contributed by atoms with Crippen molar-refractivity contribution in [3.8, 4) is 0 Å².